The molecule has 0 radical (unpaired) electrons. The van der Waals surface area contributed by atoms with Gasteiger partial charge in [0.1, 0.15) is 0 Å². The van der Waals surface area contributed by atoms with E-state index < -0.39 is 0 Å². The fraction of sp³-hybridized carbons (Fsp3) is 0.308. The molecule has 5 nitrogen and oxygen atoms in total. The third-order valence-corrected chi connectivity index (χ3v) is 3.48. The first-order valence-corrected chi connectivity index (χ1v) is 7.12. The summed E-state index contributed by atoms with van der Waals surface area (Å²) in [6.07, 6.45) is 4.25. The smallest absolute Gasteiger partial charge is 0.209 e. The Balaban J connectivity index is 1.58. The normalized spacial score (nSPS) is 11.2. The van der Waals surface area contributed by atoms with Crippen LogP contribution < -0.4 is 5.32 Å². The molecular weight excluding hydrogens is 258 g/mol. The lowest BCUT2D eigenvalue weighted by atomic mass is 10.2. The molecule has 1 aromatic carbocycles. The van der Waals surface area contributed by atoms with E-state index in [0.717, 1.165) is 24.0 Å². The van der Waals surface area contributed by atoms with Gasteiger partial charge in [0.15, 0.2) is 0 Å². The second kappa shape index (κ2) is 7.70. The van der Waals surface area contributed by atoms with E-state index in [9.17, 15) is 0 Å². The number of rotatable bonds is 7. The summed E-state index contributed by atoms with van der Waals surface area (Å²) >= 11 is 1.65. The summed E-state index contributed by atoms with van der Waals surface area (Å²) in [7, 11) is 1.85. The lowest BCUT2D eigenvalue weighted by molar-refractivity contribution is 0.664. The van der Waals surface area contributed by atoms with Crippen molar-refractivity contribution in [3.8, 4) is 0 Å². The summed E-state index contributed by atoms with van der Waals surface area (Å²) < 4.78 is 1.68. The predicted octanol–water partition coefficient (Wildman–Crippen LogP) is 1.61. The monoisotopic (exact) mass is 275 g/mol. The summed E-state index contributed by atoms with van der Waals surface area (Å²) in [5.41, 5.74) is 1.23. The summed E-state index contributed by atoms with van der Waals surface area (Å²) in [6, 6.07) is 10.3. The van der Waals surface area contributed by atoms with Crippen LogP contribution in [0.25, 0.3) is 6.08 Å². The average molecular weight is 275 g/mol. The first-order chi connectivity index (χ1) is 9.36. The van der Waals surface area contributed by atoms with Gasteiger partial charge in [0, 0.05) is 25.9 Å². The fourth-order valence-corrected chi connectivity index (χ4v) is 2.25. The topological polar surface area (TPSA) is 55.6 Å². The lowest BCUT2D eigenvalue weighted by Gasteiger charge is -2.00. The average Bonchev–Trinajstić information content (AvgIpc) is 2.84. The van der Waals surface area contributed by atoms with Gasteiger partial charge < -0.3 is 5.32 Å². The minimum Gasteiger partial charge on any atom is -0.312 e. The number of hydrogen-bond donors (Lipinski definition) is 1. The Hall–Kier alpha value is -1.66. The number of hydrogen-bond acceptors (Lipinski definition) is 5. The molecule has 19 heavy (non-hydrogen) atoms. The Morgan fingerprint density at radius 2 is 2.16 bits per heavy atom. The second-order valence-electron chi connectivity index (χ2n) is 3.95. The van der Waals surface area contributed by atoms with Gasteiger partial charge in [0.25, 0.3) is 0 Å². The van der Waals surface area contributed by atoms with Crippen molar-refractivity contribution in [2.24, 2.45) is 7.05 Å². The molecule has 0 bridgehead atoms. The van der Waals surface area contributed by atoms with E-state index in [1.165, 1.54) is 5.56 Å². The van der Waals surface area contributed by atoms with Gasteiger partial charge in [0.2, 0.25) is 5.16 Å². The summed E-state index contributed by atoms with van der Waals surface area (Å²) in [5.74, 6) is 0.952. The van der Waals surface area contributed by atoms with Crippen LogP contribution in [0.2, 0.25) is 0 Å². The molecule has 1 N–H and O–H groups in total. The van der Waals surface area contributed by atoms with Gasteiger partial charge in [-0.1, -0.05) is 54.2 Å². The zero-order valence-corrected chi connectivity index (χ0v) is 11.7. The molecule has 1 heterocycles. The quantitative estimate of drug-likeness (QED) is 0.614. The zero-order chi connectivity index (χ0) is 13.3. The van der Waals surface area contributed by atoms with Crippen LogP contribution in [0, 0.1) is 0 Å². The van der Waals surface area contributed by atoms with E-state index >= 15 is 0 Å². The highest BCUT2D eigenvalue weighted by molar-refractivity contribution is 7.99. The molecule has 2 rings (SSSR count). The highest BCUT2D eigenvalue weighted by Gasteiger charge is 2.00. The standard InChI is InChI=1S/C13H17N5S/c1-18-13(15-16-17-18)19-11-10-14-9-5-8-12-6-3-2-4-7-12/h2-8,14H,9-11H2,1H3/b8-5-. The fourth-order valence-electron chi connectivity index (χ4n) is 1.50. The van der Waals surface area contributed by atoms with E-state index in [-0.39, 0.29) is 0 Å². The number of thioether (sulfide) groups is 1. The van der Waals surface area contributed by atoms with Gasteiger partial charge in [-0.15, -0.1) is 5.10 Å². The maximum atomic E-state index is 3.91. The van der Waals surface area contributed by atoms with Crippen molar-refractivity contribution in [2.75, 3.05) is 18.8 Å². The van der Waals surface area contributed by atoms with Crippen LogP contribution in [-0.4, -0.2) is 39.0 Å². The molecule has 0 spiro atoms. The molecule has 0 amide bonds. The number of benzene rings is 1. The van der Waals surface area contributed by atoms with E-state index in [1.807, 2.05) is 25.2 Å². The number of nitrogens with zero attached hydrogens (tertiary/aromatic N) is 4. The van der Waals surface area contributed by atoms with Crippen LogP contribution in [0.5, 0.6) is 0 Å². The van der Waals surface area contributed by atoms with E-state index in [0.29, 0.717) is 0 Å². The molecule has 0 aliphatic heterocycles. The van der Waals surface area contributed by atoms with Crippen LogP contribution in [0.4, 0.5) is 0 Å². The molecule has 0 aliphatic rings. The maximum Gasteiger partial charge on any atom is 0.209 e. The molecule has 1 aromatic heterocycles. The highest BCUT2D eigenvalue weighted by atomic mass is 32.2. The molecule has 0 atom stereocenters. The first-order valence-electron chi connectivity index (χ1n) is 6.14. The molecule has 0 saturated heterocycles. The van der Waals surface area contributed by atoms with Crippen LogP contribution >= 0.6 is 11.8 Å². The minimum atomic E-state index is 0.849. The van der Waals surface area contributed by atoms with Crippen molar-refractivity contribution in [1.82, 2.24) is 25.5 Å². The van der Waals surface area contributed by atoms with Crippen LogP contribution in [0.15, 0.2) is 41.6 Å². The van der Waals surface area contributed by atoms with Gasteiger partial charge in [0.05, 0.1) is 0 Å². The molecule has 0 unspecified atom stereocenters. The minimum absolute atomic E-state index is 0.849. The SMILES string of the molecule is Cn1nnnc1SCCNC/C=C\c1ccccc1. The molecule has 2 aromatic rings. The van der Waals surface area contributed by atoms with Gasteiger partial charge in [-0.3, -0.25) is 0 Å². The number of aromatic nitrogens is 4. The number of aryl methyl sites for hydroxylation is 1. The molecule has 100 valence electrons. The van der Waals surface area contributed by atoms with Gasteiger partial charge in [-0.25, -0.2) is 4.68 Å². The molecule has 0 fully saturated rings. The molecule has 6 heteroatoms. The van der Waals surface area contributed by atoms with E-state index in [1.54, 1.807) is 16.4 Å². The molecule has 0 saturated carbocycles. The third kappa shape index (κ3) is 4.84. The van der Waals surface area contributed by atoms with Crippen molar-refractivity contribution in [3.05, 3.63) is 42.0 Å². The molecule has 0 aliphatic carbocycles. The Morgan fingerprint density at radius 1 is 1.32 bits per heavy atom. The van der Waals surface area contributed by atoms with Crippen molar-refractivity contribution in [2.45, 2.75) is 5.16 Å². The Labute approximate surface area is 117 Å². The third-order valence-electron chi connectivity index (χ3n) is 2.46. The van der Waals surface area contributed by atoms with Crippen molar-refractivity contribution in [3.63, 3.8) is 0 Å². The van der Waals surface area contributed by atoms with Crippen LogP contribution in [0.1, 0.15) is 5.56 Å². The Bertz CT molecular complexity index is 509. The lowest BCUT2D eigenvalue weighted by Crippen LogP contribution is -2.17. The molecular formula is C13H17N5S. The number of tetrazole rings is 1. The summed E-state index contributed by atoms with van der Waals surface area (Å²) in [6.45, 7) is 1.79. The largest absolute Gasteiger partial charge is 0.312 e. The van der Waals surface area contributed by atoms with Gasteiger partial charge in [-0.2, -0.15) is 0 Å². The first kappa shape index (κ1) is 13.8. The van der Waals surface area contributed by atoms with Crippen LogP contribution in [0.3, 0.4) is 0 Å². The van der Waals surface area contributed by atoms with E-state index in [4.69, 9.17) is 0 Å². The highest BCUT2D eigenvalue weighted by Crippen LogP contribution is 2.10. The van der Waals surface area contributed by atoms with Gasteiger partial charge in [-0.05, 0) is 16.0 Å². The Kier molecular flexibility index (Phi) is 5.58. The van der Waals surface area contributed by atoms with Gasteiger partial charge >= 0.3 is 0 Å². The summed E-state index contributed by atoms with van der Waals surface area (Å²) in [4.78, 5) is 0. The second-order valence-corrected chi connectivity index (χ2v) is 5.01. The van der Waals surface area contributed by atoms with Crippen LogP contribution in [-0.2, 0) is 7.05 Å². The summed E-state index contributed by atoms with van der Waals surface area (Å²) in [5, 5.41) is 15.5. The van der Waals surface area contributed by atoms with Crippen molar-refractivity contribution >= 4 is 17.8 Å². The predicted molar refractivity (Wildman–Crippen MR) is 77.9 cm³/mol. The van der Waals surface area contributed by atoms with Crippen molar-refractivity contribution in [1.29, 1.82) is 0 Å². The number of nitrogens with one attached hydrogen (secondary N) is 1. The zero-order valence-electron chi connectivity index (χ0n) is 10.9. The van der Waals surface area contributed by atoms with E-state index in [2.05, 4.69) is 45.1 Å². The maximum absolute atomic E-state index is 3.91. The van der Waals surface area contributed by atoms with Crippen molar-refractivity contribution < 1.29 is 0 Å². The Morgan fingerprint density at radius 3 is 2.89 bits per heavy atom.